The van der Waals surface area contributed by atoms with E-state index in [9.17, 15) is 18.0 Å². The molecule has 0 aliphatic heterocycles. The van der Waals surface area contributed by atoms with Crippen LogP contribution in [-0.2, 0) is 4.79 Å². The fourth-order valence-electron chi connectivity index (χ4n) is 0.781. The number of hydrogen-bond donors (Lipinski definition) is 2. The number of hydrogen-bond acceptors (Lipinski definition) is 3. The molecule has 0 bridgehead atoms. The summed E-state index contributed by atoms with van der Waals surface area (Å²) in [5.74, 6) is -1.57. The highest BCUT2D eigenvalue weighted by atomic mass is 19.4. The maximum atomic E-state index is 11.8. The molecule has 0 aliphatic rings. The number of carboxylic acid groups (broad SMARTS) is 1. The molecule has 0 heterocycles. The van der Waals surface area contributed by atoms with Crippen molar-refractivity contribution in [3.05, 3.63) is 0 Å². The highest BCUT2D eigenvalue weighted by molar-refractivity contribution is 5.73. The van der Waals surface area contributed by atoms with Crippen LogP contribution in [0.25, 0.3) is 0 Å². The number of aliphatic carboxylic acids is 1. The summed E-state index contributed by atoms with van der Waals surface area (Å²) in [5.41, 5.74) is 0. The van der Waals surface area contributed by atoms with Crippen molar-refractivity contribution in [3.8, 4) is 6.07 Å². The third-order valence-electron chi connectivity index (χ3n) is 1.36. The Morgan fingerprint density at radius 2 is 2.14 bits per heavy atom. The number of carboxylic acids is 1. The smallest absolute Gasteiger partial charge is 0.391 e. The van der Waals surface area contributed by atoms with Crippen molar-refractivity contribution in [2.45, 2.75) is 25.1 Å². The number of nitriles is 1. The Hall–Kier alpha value is -1.29. The van der Waals surface area contributed by atoms with Crippen LogP contribution in [0.1, 0.15) is 12.8 Å². The summed E-state index contributed by atoms with van der Waals surface area (Å²) in [6.07, 6.45) is -5.99. The number of nitrogens with one attached hydrogen (secondary N) is 1. The van der Waals surface area contributed by atoms with Crippen LogP contribution in [0.5, 0.6) is 0 Å². The molecule has 0 rings (SSSR count). The van der Waals surface area contributed by atoms with Crippen LogP contribution < -0.4 is 5.32 Å². The van der Waals surface area contributed by atoms with E-state index in [1.54, 1.807) is 6.07 Å². The molecule has 1 atom stereocenters. The summed E-state index contributed by atoms with van der Waals surface area (Å²) in [5, 5.41) is 18.6. The van der Waals surface area contributed by atoms with Gasteiger partial charge in [-0.2, -0.15) is 18.4 Å². The molecule has 0 spiro atoms. The highest BCUT2D eigenvalue weighted by Gasteiger charge is 2.34. The summed E-state index contributed by atoms with van der Waals surface area (Å²) in [6.45, 7) is -0.0659. The van der Waals surface area contributed by atoms with Crippen LogP contribution in [0, 0.1) is 11.3 Å². The van der Waals surface area contributed by atoms with E-state index >= 15 is 0 Å². The Morgan fingerprint density at radius 3 is 2.50 bits per heavy atom. The maximum Gasteiger partial charge on any atom is 0.391 e. The minimum absolute atomic E-state index is 0.0262. The molecule has 0 aromatic heterocycles. The van der Waals surface area contributed by atoms with Gasteiger partial charge in [-0.25, -0.2) is 0 Å². The van der Waals surface area contributed by atoms with E-state index in [1.165, 1.54) is 0 Å². The van der Waals surface area contributed by atoms with Gasteiger partial charge in [-0.05, 0) is 0 Å². The molecule has 14 heavy (non-hydrogen) atoms. The predicted molar refractivity (Wildman–Crippen MR) is 40.3 cm³/mol. The Kier molecular flexibility index (Phi) is 4.94. The van der Waals surface area contributed by atoms with Gasteiger partial charge in [0.15, 0.2) is 0 Å². The van der Waals surface area contributed by atoms with E-state index < -0.39 is 24.6 Å². The SMILES string of the molecule is N#CCCN[C@H](CC(F)(F)F)C(=O)O. The molecule has 0 aromatic rings. The molecule has 80 valence electrons. The minimum atomic E-state index is -4.53. The van der Waals surface area contributed by atoms with Gasteiger partial charge in [0, 0.05) is 13.0 Å². The van der Waals surface area contributed by atoms with Crippen LogP contribution in [0.2, 0.25) is 0 Å². The van der Waals surface area contributed by atoms with Crippen LogP contribution >= 0.6 is 0 Å². The topological polar surface area (TPSA) is 73.1 Å². The molecular formula is C7H9F3N2O2. The van der Waals surface area contributed by atoms with E-state index in [0.717, 1.165) is 0 Å². The lowest BCUT2D eigenvalue weighted by Gasteiger charge is -2.15. The zero-order valence-corrected chi connectivity index (χ0v) is 7.14. The van der Waals surface area contributed by atoms with Gasteiger partial charge < -0.3 is 10.4 Å². The van der Waals surface area contributed by atoms with Crippen LogP contribution in [0.15, 0.2) is 0 Å². The second-order valence-corrected chi connectivity index (χ2v) is 2.57. The molecule has 7 heteroatoms. The fourth-order valence-corrected chi connectivity index (χ4v) is 0.781. The largest absolute Gasteiger partial charge is 0.480 e. The summed E-state index contributed by atoms with van der Waals surface area (Å²) >= 11 is 0. The summed E-state index contributed by atoms with van der Waals surface area (Å²) in [6, 6.07) is 0.0107. The lowest BCUT2D eigenvalue weighted by atomic mass is 10.2. The number of alkyl halides is 3. The van der Waals surface area contributed by atoms with E-state index in [0.29, 0.717) is 0 Å². The number of halogens is 3. The minimum Gasteiger partial charge on any atom is -0.480 e. The second kappa shape index (κ2) is 5.44. The summed E-state index contributed by atoms with van der Waals surface area (Å²) < 4.78 is 35.4. The van der Waals surface area contributed by atoms with Crippen molar-refractivity contribution >= 4 is 5.97 Å². The average Bonchev–Trinajstić information content (AvgIpc) is 2.00. The van der Waals surface area contributed by atoms with Gasteiger partial charge in [0.05, 0.1) is 12.5 Å². The monoisotopic (exact) mass is 210 g/mol. The number of rotatable bonds is 5. The summed E-state index contributed by atoms with van der Waals surface area (Å²) in [4.78, 5) is 10.3. The van der Waals surface area contributed by atoms with Crippen molar-refractivity contribution in [3.63, 3.8) is 0 Å². The molecule has 0 saturated heterocycles. The molecule has 2 N–H and O–H groups in total. The van der Waals surface area contributed by atoms with Gasteiger partial charge in [-0.15, -0.1) is 0 Å². The summed E-state index contributed by atoms with van der Waals surface area (Å²) in [7, 11) is 0. The molecule has 0 fully saturated rings. The van der Waals surface area contributed by atoms with Crippen molar-refractivity contribution in [1.29, 1.82) is 5.26 Å². The first-order chi connectivity index (χ1) is 6.37. The molecule has 4 nitrogen and oxygen atoms in total. The standard InChI is InChI=1S/C7H9F3N2O2/c8-7(9,10)4-5(6(13)14)12-3-1-2-11/h5,12H,1,3-4H2,(H,13,14)/t5-/m1/s1. The van der Waals surface area contributed by atoms with Crippen LogP contribution in [0.3, 0.4) is 0 Å². The van der Waals surface area contributed by atoms with Gasteiger partial charge in [-0.3, -0.25) is 4.79 Å². The highest BCUT2D eigenvalue weighted by Crippen LogP contribution is 2.21. The average molecular weight is 210 g/mol. The Morgan fingerprint density at radius 1 is 1.57 bits per heavy atom. The van der Waals surface area contributed by atoms with Gasteiger partial charge in [0.1, 0.15) is 6.04 Å². The van der Waals surface area contributed by atoms with E-state index in [-0.39, 0.29) is 13.0 Å². The maximum absolute atomic E-state index is 11.8. The zero-order chi connectivity index (χ0) is 11.2. The number of nitrogens with zero attached hydrogens (tertiary/aromatic N) is 1. The quantitative estimate of drug-likeness (QED) is 0.661. The van der Waals surface area contributed by atoms with Crippen molar-refractivity contribution in [2.24, 2.45) is 0 Å². The fraction of sp³-hybridized carbons (Fsp3) is 0.714. The van der Waals surface area contributed by atoms with Gasteiger partial charge >= 0.3 is 12.1 Å². The van der Waals surface area contributed by atoms with E-state index in [2.05, 4.69) is 5.32 Å². The Labute approximate surface area is 78.3 Å². The first kappa shape index (κ1) is 12.7. The third kappa shape index (κ3) is 6.25. The molecular weight excluding hydrogens is 201 g/mol. The zero-order valence-electron chi connectivity index (χ0n) is 7.14. The van der Waals surface area contributed by atoms with Crippen LogP contribution in [0.4, 0.5) is 13.2 Å². The normalized spacial score (nSPS) is 13.3. The van der Waals surface area contributed by atoms with E-state index in [4.69, 9.17) is 10.4 Å². The Balaban J connectivity index is 4.05. The lowest BCUT2D eigenvalue weighted by molar-refractivity contribution is -0.158. The van der Waals surface area contributed by atoms with Gasteiger partial charge in [0.25, 0.3) is 0 Å². The van der Waals surface area contributed by atoms with Crippen molar-refractivity contribution in [1.82, 2.24) is 5.32 Å². The van der Waals surface area contributed by atoms with Crippen molar-refractivity contribution in [2.75, 3.05) is 6.54 Å². The van der Waals surface area contributed by atoms with Gasteiger partial charge in [0.2, 0.25) is 0 Å². The predicted octanol–water partition coefficient (Wildman–Crippen LogP) is 0.895. The third-order valence-corrected chi connectivity index (χ3v) is 1.36. The van der Waals surface area contributed by atoms with E-state index in [1.807, 2.05) is 0 Å². The Bertz CT molecular complexity index is 234. The lowest BCUT2D eigenvalue weighted by Crippen LogP contribution is -2.40. The molecule has 0 radical (unpaired) electrons. The molecule has 0 aromatic carbocycles. The van der Waals surface area contributed by atoms with Crippen molar-refractivity contribution < 1.29 is 23.1 Å². The number of carbonyl (C=O) groups is 1. The molecule has 0 amide bonds. The molecule has 0 unspecified atom stereocenters. The molecule has 0 aliphatic carbocycles. The van der Waals surface area contributed by atoms with Crippen LogP contribution in [-0.4, -0.2) is 29.8 Å². The second-order valence-electron chi connectivity index (χ2n) is 2.57. The first-order valence-corrected chi connectivity index (χ1v) is 3.76. The first-order valence-electron chi connectivity index (χ1n) is 3.76. The molecule has 0 saturated carbocycles. The van der Waals surface area contributed by atoms with Gasteiger partial charge in [-0.1, -0.05) is 0 Å².